The Morgan fingerprint density at radius 2 is 1.69 bits per heavy atom. The molecule has 0 bridgehead atoms. The van der Waals surface area contributed by atoms with Gasteiger partial charge in [0.05, 0.1) is 11.6 Å². The van der Waals surface area contributed by atoms with E-state index in [1.165, 1.54) is 11.1 Å². The summed E-state index contributed by atoms with van der Waals surface area (Å²) in [5, 5.41) is 12.0. The zero-order chi connectivity index (χ0) is 24.4. The summed E-state index contributed by atoms with van der Waals surface area (Å²) in [6.45, 7) is 0.717. The molecule has 178 valence electrons. The summed E-state index contributed by atoms with van der Waals surface area (Å²) in [6.07, 6.45) is 1.92. The fourth-order valence-corrected chi connectivity index (χ4v) is 4.93. The van der Waals surface area contributed by atoms with Gasteiger partial charge in [0.25, 0.3) is 5.91 Å². The summed E-state index contributed by atoms with van der Waals surface area (Å²) in [5.41, 5.74) is 4.78. The number of benzene rings is 2. The van der Waals surface area contributed by atoms with Gasteiger partial charge < -0.3 is 14.7 Å². The number of hydrogen-bond acceptors (Lipinski definition) is 5. The molecule has 2 amide bonds. The highest BCUT2D eigenvalue weighted by molar-refractivity contribution is 6.01. The van der Waals surface area contributed by atoms with Crippen LogP contribution in [0.25, 0.3) is 11.1 Å². The third kappa shape index (κ3) is 4.47. The largest absolute Gasteiger partial charge is 0.481 e. The van der Waals surface area contributed by atoms with Gasteiger partial charge in [-0.15, -0.1) is 0 Å². The highest BCUT2D eigenvalue weighted by Crippen LogP contribution is 2.44. The first-order valence-electron chi connectivity index (χ1n) is 11.6. The zero-order valence-electron chi connectivity index (χ0n) is 19.0. The van der Waals surface area contributed by atoms with Crippen LogP contribution in [0.3, 0.4) is 0 Å². The van der Waals surface area contributed by atoms with Crippen molar-refractivity contribution in [2.24, 2.45) is 5.92 Å². The van der Waals surface area contributed by atoms with Gasteiger partial charge in [-0.1, -0.05) is 48.5 Å². The number of pyridine rings is 1. The zero-order valence-corrected chi connectivity index (χ0v) is 19.0. The number of likely N-dealkylation sites (tertiary alicyclic amines) is 1. The van der Waals surface area contributed by atoms with Crippen LogP contribution >= 0.6 is 0 Å². The lowest BCUT2D eigenvalue weighted by molar-refractivity contribution is -0.143. The van der Waals surface area contributed by atoms with Gasteiger partial charge in [-0.3, -0.25) is 14.9 Å². The molecule has 2 aliphatic rings. The first-order chi connectivity index (χ1) is 17.0. The Hall–Kier alpha value is -4.20. The van der Waals surface area contributed by atoms with Crippen molar-refractivity contribution in [3.05, 3.63) is 83.7 Å². The van der Waals surface area contributed by atoms with Crippen LogP contribution in [0, 0.1) is 5.92 Å². The predicted molar refractivity (Wildman–Crippen MR) is 129 cm³/mol. The molecule has 1 saturated heterocycles. The molecule has 1 atom stereocenters. The number of carboxylic acid groups (broad SMARTS) is 1. The maximum Gasteiger partial charge on any atom is 0.411 e. The maximum atomic E-state index is 13.1. The van der Waals surface area contributed by atoms with Crippen LogP contribution in [0.1, 0.15) is 40.4 Å². The van der Waals surface area contributed by atoms with Crippen molar-refractivity contribution in [3.8, 4) is 11.1 Å². The van der Waals surface area contributed by atoms with Crippen molar-refractivity contribution < 1.29 is 24.2 Å². The average molecular weight is 472 g/mol. The SMILES string of the molecule is O=C(Nc1cccnc1C(=O)N1CCCC(C(=O)O)C1)OCC1c2ccccc2-c2ccccc21. The number of aromatic nitrogens is 1. The van der Waals surface area contributed by atoms with E-state index in [4.69, 9.17) is 4.74 Å². The molecular weight excluding hydrogens is 446 g/mol. The lowest BCUT2D eigenvalue weighted by Crippen LogP contribution is -2.42. The molecule has 1 aromatic heterocycles. The smallest absolute Gasteiger partial charge is 0.411 e. The molecule has 1 aliphatic carbocycles. The van der Waals surface area contributed by atoms with E-state index in [0.717, 1.165) is 22.3 Å². The number of piperidine rings is 1. The van der Waals surface area contributed by atoms with E-state index in [2.05, 4.69) is 22.4 Å². The minimum absolute atomic E-state index is 0.0621. The van der Waals surface area contributed by atoms with E-state index < -0.39 is 23.9 Å². The summed E-state index contributed by atoms with van der Waals surface area (Å²) >= 11 is 0. The first-order valence-corrected chi connectivity index (χ1v) is 11.6. The second-order valence-electron chi connectivity index (χ2n) is 8.78. The fourth-order valence-electron chi connectivity index (χ4n) is 4.93. The number of ether oxygens (including phenoxy) is 1. The number of carbonyl (C=O) groups excluding carboxylic acids is 2. The molecule has 0 radical (unpaired) electrons. The van der Waals surface area contributed by atoms with Crippen LogP contribution < -0.4 is 5.32 Å². The highest BCUT2D eigenvalue weighted by Gasteiger charge is 2.31. The minimum atomic E-state index is -0.916. The third-order valence-corrected chi connectivity index (χ3v) is 6.65. The Morgan fingerprint density at radius 1 is 1.00 bits per heavy atom. The van der Waals surface area contributed by atoms with Crippen molar-refractivity contribution in [3.63, 3.8) is 0 Å². The van der Waals surface area contributed by atoms with Gasteiger partial charge in [-0.2, -0.15) is 0 Å². The average Bonchev–Trinajstić information content (AvgIpc) is 3.21. The summed E-state index contributed by atoms with van der Waals surface area (Å²) in [5.74, 6) is -2.01. The van der Waals surface area contributed by atoms with Crippen LogP contribution in [-0.2, 0) is 9.53 Å². The summed E-state index contributed by atoms with van der Waals surface area (Å²) < 4.78 is 5.59. The fraction of sp³-hybridized carbons (Fsp3) is 0.259. The minimum Gasteiger partial charge on any atom is -0.481 e. The molecular formula is C27H25N3O5. The molecule has 2 heterocycles. The molecule has 8 heteroatoms. The lowest BCUT2D eigenvalue weighted by atomic mass is 9.98. The second-order valence-corrected chi connectivity index (χ2v) is 8.78. The standard InChI is InChI=1S/C27H25N3O5/c31-25(30-14-6-7-17(15-30)26(32)33)24-23(12-5-13-28-24)29-27(34)35-16-22-20-10-3-1-8-18(20)19-9-2-4-11-21(19)22/h1-5,8-13,17,22H,6-7,14-16H2,(H,29,34)(H,32,33). The van der Waals surface area contributed by atoms with Crippen LogP contribution in [0.4, 0.5) is 10.5 Å². The number of nitrogens with one attached hydrogen (secondary N) is 1. The van der Waals surface area contributed by atoms with Gasteiger partial charge in [0.1, 0.15) is 6.61 Å². The molecule has 5 rings (SSSR count). The normalized spacial score (nSPS) is 16.8. The summed E-state index contributed by atoms with van der Waals surface area (Å²) in [6, 6.07) is 19.4. The number of carbonyl (C=O) groups is 3. The number of carboxylic acids is 1. The quantitative estimate of drug-likeness (QED) is 0.572. The number of fused-ring (bicyclic) bond motifs is 3. The number of amides is 2. The maximum absolute atomic E-state index is 13.1. The number of rotatable bonds is 5. The molecule has 8 nitrogen and oxygen atoms in total. The van der Waals surface area contributed by atoms with E-state index in [1.807, 2.05) is 36.4 Å². The van der Waals surface area contributed by atoms with E-state index in [9.17, 15) is 19.5 Å². The molecule has 2 N–H and O–H groups in total. The number of aliphatic carboxylic acids is 1. The molecule has 0 saturated carbocycles. The van der Waals surface area contributed by atoms with E-state index in [1.54, 1.807) is 12.1 Å². The topological polar surface area (TPSA) is 109 Å². The van der Waals surface area contributed by atoms with Gasteiger partial charge in [-0.25, -0.2) is 9.78 Å². The first kappa shape index (κ1) is 22.6. The third-order valence-electron chi connectivity index (χ3n) is 6.65. The Morgan fingerprint density at radius 3 is 2.37 bits per heavy atom. The van der Waals surface area contributed by atoms with Gasteiger partial charge >= 0.3 is 12.1 Å². The predicted octanol–water partition coefficient (Wildman–Crippen LogP) is 4.38. The van der Waals surface area contributed by atoms with Crippen molar-refractivity contribution in [1.29, 1.82) is 0 Å². The summed E-state index contributed by atoms with van der Waals surface area (Å²) in [4.78, 5) is 42.8. The van der Waals surface area contributed by atoms with Gasteiger partial charge in [0.2, 0.25) is 0 Å². The van der Waals surface area contributed by atoms with Crippen LogP contribution in [0.15, 0.2) is 66.9 Å². The van der Waals surface area contributed by atoms with Crippen LogP contribution in [0.5, 0.6) is 0 Å². The van der Waals surface area contributed by atoms with Gasteiger partial charge in [0, 0.05) is 25.2 Å². The van der Waals surface area contributed by atoms with E-state index >= 15 is 0 Å². The summed E-state index contributed by atoms with van der Waals surface area (Å²) in [7, 11) is 0. The molecule has 1 aliphatic heterocycles. The number of anilines is 1. The molecule has 0 spiro atoms. The van der Waals surface area contributed by atoms with E-state index in [0.29, 0.717) is 19.4 Å². The number of nitrogens with zero attached hydrogens (tertiary/aromatic N) is 2. The molecule has 1 unspecified atom stereocenters. The van der Waals surface area contributed by atoms with Crippen LogP contribution in [-0.4, -0.2) is 52.7 Å². The molecule has 35 heavy (non-hydrogen) atoms. The Kier molecular flexibility index (Phi) is 6.18. The van der Waals surface area contributed by atoms with Gasteiger partial charge in [-0.05, 0) is 47.2 Å². The highest BCUT2D eigenvalue weighted by atomic mass is 16.5. The van der Waals surface area contributed by atoms with Crippen molar-refractivity contribution in [2.45, 2.75) is 18.8 Å². The molecule has 3 aromatic rings. The molecule has 1 fully saturated rings. The second kappa shape index (κ2) is 9.58. The Labute approximate surface area is 202 Å². The lowest BCUT2D eigenvalue weighted by Gasteiger charge is -2.30. The van der Waals surface area contributed by atoms with Crippen LogP contribution in [0.2, 0.25) is 0 Å². The van der Waals surface area contributed by atoms with Crippen molar-refractivity contribution in [2.75, 3.05) is 25.0 Å². The van der Waals surface area contributed by atoms with E-state index in [-0.39, 0.29) is 30.5 Å². The number of hydrogen-bond donors (Lipinski definition) is 2. The Bertz CT molecular complexity index is 1250. The van der Waals surface area contributed by atoms with Crippen molar-refractivity contribution in [1.82, 2.24) is 9.88 Å². The monoisotopic (exact) mass is 471 g/mol. The Balaban J connectivity index is 1.28. The molecule has 2 aromatic carbocycles. The van der Waals surface area contributed by atoms with Crippen molar-refractivity contribution >= 4 is 23.7 Å². The van der Waals surface area contributed by atoms with Gasteiger partial charge in [0.15, 0.2) is 5.69 Å².